The highest BCUT2D eigenvalue weighted by atomic mass is 16.5. The fourth-order valence-corrected chi connectivity index (χ4v) is 2.10. The molecule has 0 radical (unpaired) electrons. The average Bonchev–Trinajstić information content (AvgIpc) is 2.60. The lowest BCUT2D eigenvalue weighted by Crippen LogP contribution is -1.93. The number of benzene rings is 2. The molecule has 0 atom stereocenters. The Balaban J connectivity index is 2.05. The fourth-order valence-electron chi connectivity index (χ4n) is 2.10. The van der Waals surface area contributed by atoms with Crippen LogP contribution in [-0.2, 0) is 0 Å². The minimum atomic E-state index is 0.598. The number of allylic oxidation sites excluding steroid dienone is 1. The molecule has 0 N–H and O–H groups in total. The third-order valence-corrected chi connectivity index (χ3v) is 3.46. The lowest BCUT2D eigenvalue weighted by Gasteiger charge is -2.06. The molecule has 0 aliphatic rings. The molecule has 0 amide bonds. The number of ether oxygens (including phenoxy) is 3. The lowest BCUT2D eigenvalue weighted by atomic mass is 10.1. The van der Waals surface area contributed by atoms with Gasteiger partial charge in [0.15, 0.2) is 0 Å². The molecule has 2 rings (SSSR count). The van der Waals surface area contributed by atoms with Crippen LogP contribution in [0.5, 0.6) is 17.2 Å². The van der Waals surface area contributed by atoms with E-state index >= 15 is 0 Å². The number of hydrogen-bond acceptors (Lipinski definition) is 3. The van der Waals surface area contributed by atoms with Gasteiger partial charge in [-0.25, -0.2) is 0 Å². The van der Waals surface area contributed by atoms with E-state index in [0.717, 1.165) is 28.4 Å². The van der Waals surface area contributed by atoms with Gasteiger partial charge >= 0.3 is 0 Å². The summed E-state index contributed by atoms with van der Waals surface area (Å²) in [6.45, 7) is 4.72. The Labute approximate surface area is 144 Å². The molecule has 0 aliphatic heterocycles. The van der Waals surface area contributed by atoms with E-state index in [1.807, 2.05) is 54.6 Å². The second-order valence-electron chi connectivity index (χ2n) is 5.64. The third kappa shape index (κ3) is 5.51. The summed E-state index contributed by atoms with van der Waals surface area (Å²) in [6, 6.07) is 13.8. The van der Waals surface area contributed by atoms with Crippen LogP contribution in [0.2, 0.25) is 0 Å². The summed E-state index contributed by atoms with van der Waals surface area (Å²) >= 11 is 0. The SMILES string of the molecule is COc1cc(/C=C/c2ccc(OCC=C(C)C)cc2)cc(OC)c1. The Morgan fingerprint density at radius 2 is 1.38 bits per heavy atom. The molecular formula is C21H24O3. The molecule has 24 heavy (non-hydrogen) atoms. The first-order valence-corrected chi connectivity index (χ1v) is 7.88. The standard InChI is InChI=1S/C21H24O3/c1-16(2)11-12-24-19-9-7-17(8-10-19)5-6-18-13-20(22-3)15-21(14-18)23-4/h5-11,13-15H,12H2,1-4H3/b6-5+. The van der Waals surface area contributed by atoms with Crippen LogP contribution >= 0.6 is 0 Å². The molecule has 3 heteroatoms. The van der Waals surface area contributed by atoms with E-state index in [4.69, 9.17) is 14.2 Å². The van der Waals surface area contributed by atoms with E-state index in [-0.39, 0.29) is 0 Å². The van der Waals surface area contributed by atoms with Crippen molar-refractivity contribution in [3.8, 4) is 17.2 Å². The smallest absolute Gasteiger partial charge is 0.123 e. The zero-order valence-corrected chi connectivity index (χ0v) is 14.7. The minimum Gasteiger partial charge on any atom is -0.497 e. The van der Waals surface area contributed by atoms with E-state index in [0.29, 0.717) is 6.61 Å². The van der Waals surface area contributed by atoms with E-state index < -0.39 is 0 Å². The normalized spacial score (nSPS) is 10.5. The summed E-state index contributed by atoms with van der Waals surface area (Å²) in [4.78, 5) is 0. The number of rotatable bonds is 7. The van der Waals surface area contributed by atoms with Crippen molar-refractivity contribution in [1.82, 2.24) is 0 Å². The molecule has 126 valence electrons. The highest BCUT2D eigenvalue weighted by Crippen LogP contribution is 2.24. The molecular weight excluding hydrogens is 300 g/mol. The van der Waals surface area contributed by atoms with Gasteiger partial charge in [-0.15, -0.1) is 0 Å². The third-order valence-electron chi connectivity index (χ3n) is 3.46. The molecule has 0 aliphatic carbocycles. The van der Waals surface area contributed by atoms with Crippen LogP contribution in [0.1, 0.15) is 25.0 Å². The first-order chi connectivity index (χ1) is 11.6. The van der Waals surface area contributed by atoms with Crippen molar-refractivity contribution in [1.29, 1.82) is 0 Å². The first-order valence-electron chi connectivity index (χ1n) is 7.88. The van der Waals surface area contributed by atoms with E-state index in [1.165, 1.54) is 5.57 Å². The Kier molecular flexibility index (Phi) is 6.50. The van der Waals surface area contributed by atoms with Gasteiger partial charge in [-0.1, -0.05) is 29.9 Å². The Bertz CT molecular complexity index is 686. The summed E-state index contributed by atoms with van der Waals surface area (Å²) in [5.74, 6) is 2.42. The molecule has 0 aromatic heterocycles. The van der Waals surface area contributed by atoms with Crippen molar-refractivity contribution >= 4 is 12.2 Å². The predicted molar refractivity (Wildman–Crippen MR) is 99.8 cm³/mol. The second kappa shape index (κ2) is 8.82. The molecule has 3 nitrogen and oxygen atoms in total. The molecule has 0 bridgehead atoms. The molecule has 2 aromatic rings. The van der Waals surface area contributed by atoms with E-state index in [9.17, 15) is 0 Å². The van der Waals surface area contributed by atoms with Gasteiger partial charge in [0.25, 0.3) is 0 Å². The van der Waals surface area contributed by atoms with Gasteiger partial charge in [-0.3, -0.25) is 0 Å². The van der Waals surface area contributed by atoms with Crippen LogP contribution in [-0.4, -0.2) is 20.8 Å². The van der Waals surface area contributed by atoms with Crippen molar-refractivity contribution in [3.05, 3.63) is 65.2 Å². The Morgan fingerprint density at radius 3 is 1.92 bits per heavy atom. The van der Waals surface area contributed by atoms with Gasteiger partial charge in [-0.05, 0) is 55.3 Å². The zero-order valence-electron chi connectivity index (χ0n) is 14.7. The Hall–Kier alpha value is -2.68. The molecule has 0 saturated heterocycles. The average molecular weight is 324 g/mol. The summed E-state index contributed by atoms with van der Waals surface area (Å²) in [6.07, 6.45) is 6.14. The summed E-state index contributed by atoms with van der Waals surface area (Å²) in [5.41, 5.74) is 3.38. The van der Waals surface area contributed by atoms with Crippen LogP contribution < -0.4 is 14.2 Å². The minimum absolute atomic E-state index is 0.598. The maximum absolute atomic E-state index is 5.66. The fraction of sp³-hybridized carbons (Fsp3) is 0.238. The van der Waals surface area contributed by atoms with Gasteiger partial charge in [0, 0.05) is 6.07 Å². The van der Waals surface area contributed by atoms with Crippen LogP contribution in [0, 0.1) is 0 Å². The lowest BCUT2D eigenvalue weighted by molar-refractivity contribution is 0.362. The van der Waals surface area contributed by atoms with Crippen molar-refractivity contribution in [3.63, 3.8) is 0 Å². The van der Waals surface area contributed by atoms with Crippen LogP contribution in [0.25, 0.3) is 12.2 Å². The largest absolute Gasteiger partial charge is 0.497 e. The molecule has 0 saturated carbocycles. The predicted octanol–water partition coefficient (Wildman–Crippen LogP) is 5.22. The molecule has 0 heterocycles. The summed E-state index contributed by atoms with van der Waals surface area (Å²) in [5, 5.41) is 0. The van der Waals surface area contributed by atoms with Crippen molar-refractivity contribution < 1.29 is 14.2 Å². The van der Waals surface area contributed by atoms with E-state index in [1.54, 1.807) is 14.2 Å². The van der Waals surface area contributed by atoms with Gasteiger partial charge in [0.2, 0.25) is 0 Å². The maximum Gasteiger partial charge on any atom is 0.123 e. The van der Waals surface area contributed by atoms with Gasteiger partial charge in [0.1, 0.15) is 23.9 Å². The van der Waals surface area contributed by atoms with Gasteiger partial charge in [-0.2, -0.15) is 0 Å². The van der Waals surface area contributed by atoms with Gasteiger partial charge < -0.3 is 14.2 Å². The molecule has 0 fully saturated rings. The van der Waals surface area contributed by atoms with Crippen LogP contribution in [0.4, 0.5) is 0 Å². The monoisotopic (exact) mass is 324 g/mol. The maximum atomic E-state index is 5.66. The second-order valence-corrected chi connectivity index (χ2v) is 5.64. The highest BCUT2D eigenvalue weighted by molar-refractivity contribution is 5.71. The van der Waals surface area contributed by atoms with Gasteiger partial charge in [0.05, 0.1) is 14.2 Å². The quantitative estimate of drug-likeness (QED) is 0.516. The topological polar surface area (TPSA) is 27.7 Å². The number of hydrogen-bond donors (Lipinski definition) is 0. The molecule has 2 aromatic carbocycles. The zero-order chi connectivity index (χ0) is 17.4. The first kappa shape index (κ1) is 17.7. The number of methoxy groups -OCH3 is 2. The Morgan fingerprint density at radius 1 is 0.792 bits per heavy atom. The van der Waals surface area contributed by atoms with Crippen LogP contribution in [0.3, 0.4) is 0 Å². The van der Waals surface area contributed by atoms with Crippen LogP contribution in [0.15, 0.2) is 54.1 Å². The van der Waals surface area contributed by atoms with Crippen molar-refractivity contribution in [2.24, 2.45) is 0 Å². The van der Waals surface area contributed by atoms with Crippen molar-refractivity contribution in [2.75, 3.05) is 20.8 Å². The molecule has 0 unspecified atom stereocenters. The van der Waals surface area contributed by atoms with Crippen molar-refractivity contribution in [2.45, 2.75) is 13.8 Å². The summed E-state index contributed by atoms with van der Waals surface area (Å²) < 4.78 is 16.2. The summed E-state index contributed by atoms with van der Waals surface area (Å²) in [7, 11) is 3.30. The molecule has 0 spiro atoms. The highest BCUT2D eigenvalue weighted by Gasteiger charge is 1.99. The van der Waals surface area contributed by atoms with E-state index in [2.05, 4.69) is 19.9 Å².